The monoisotopic (exact) mass is 339 g/mol. The van der Waals surface area contributed by atoms with Crippen molar-refractivity contribution >= 4 is 5.91 Å². The van der Waals surface area contributed by atoms with Crippen molar-refractivity contribution in [2.24, 2.45) is 5.92 Å². The number of benzene rings is 1. The predicted molar refractivity (Wildman–Crippen MR) is 92.2 cm³/mol. The van der Waals surface area contributed by atoms with Gasteiger partial charge >= 0.3 is 0 Å². The first-order valence-corrected chi connectivity index (χ1v) is 8.75. The van der Waals surface area contributed by atoms with Gasteiger partial charge < -0.3 is 15.4 Å². The van der Waals surface area contributed by atoms with E-state index in [0.29, 0.717) is 24.6 Å². The quantitative estimate of drug-likeness (QED) is 0.775. The van der Waals surface area contributed by atoms with E-state index in [1.807, 2.05) is 30.3 Å². The van der Waals surface area contributed by atoms with Crippen LogP contribution >= 0.6 is 0 Å². The molecule has 0 bridgehead atoms. The number of aromatic amines is 1. The van der Waals surface area contributed by atoms with E-state index in [1.54, 1.807) is 0 Å². The smallest absolute Gasteiger partial charge is 0.263 e. The van der Waals surface area contributed by atoms with E-state index in [-0.39, 0.29) is 23.6 Å². The lowest BCUT2D eigenvalue weighted by Crippen LogP contribution is -2.42. The van der Waals surface area contributed by atoms with Gasteiger partial charge in [0.15, 0.2) is 0 Å². The van der Waals surface area contributed by atoms with Crippen molar-refractivity contribution in [2.45, 2.75) is 43.7 Å². The minimum Gasteiger partial charge on any atom is -0.393 e. The van der Waals surface area contributed by atoms with E-state index in [9.17, 15) is 14.7 Å². The van der Waals surface area contributed by atoms with E-state index < -0.39 is 11.5 Å². The molecule has 2 aliphatic rings. The third-order valence-electron chi connectivity index (χ3n) is 5.09. The normalized spacial score (nSPS) is 23.6. The summed E-state index contributed by atoms with van der Waals surface area (Å²) < 4.78 is 0. The van der Waals surface area contributed by atoms with Crippen LogP contribution in [-0.2, 0) is 0 Å². The Labute approximate surface area is 145 Å². The number of H-pyrrole nitrogens is 1. The molecule has 2 saturated carbocycles. The van der Waals surface area contributed by atoms with Gasteiger partial charge in [-0.25, -0.2) is 4.98 Å². The number of carbonyl (C=O) groups is 1. The van der Waals surface area contributed by atoms with Gasteiger partial charge in [-0.15, -0.1) is 0 Å². The highest BCUT2D eigenvalue weighted by Gasteiger charge is 2.36. The van der Waals surface area contributed by atoms with Crippen molar-refractivity contribution in [3.05, 3.63) is 63.8 Å². The van der Waals surface area contributed by atoms with Crippen LogP contribution in [0.2, 0.25) is 0 Å². The number of aromatic nitrogens is 2. The van der Waals surface area contributed by atoms with E-state index >= 15 is 0 Å². The molecule has 0 spiro atoms. The summed E-state index contributed by atoms with van der Waals surface area (Å²) >= 11 is 0. The number of nitrogens with one attached hydrogen (secondary N) is 2. The number of nitrogens with zero attached hydrogens (tertiary/aromatic N) is 1. The van der Waals surface area contributed by atoms with Gasteiger partial charge in [-0.2, -0.15) is 0 Å². The first-order chi connectivity index (χ1) is 12.1. The Balaban J connectivity index is 1.55. The van der Waals surface area contributed by atoms with Gasteiger partial charge in [0, 0.05) is 12.1 Å². The Bertz CT molecular complexity index is 823. The average Bonchev–Trinajstić information content (AvgIpc) is 3.43. The van der Waals surface area contributed by atoms with E-state index in [1.165, 1.54) is 6.20 Å². The average molecular weight is 339 g/mol. The minimum absolute atomic E-state index is 0.0326. The van der Waals surface area contributed by atoms with Crippen LogP contribution in [0.5, 0.6) is 0 Å². The van der Waals surface area contributed by atoms with Crippen LogP contribution in [0.25, 0.3) is 0 Å². The molecule has 0 saturated heterocycles. The van der Waals surface area contributed by atoms with Gasteiger partial charge in [-0.1, -0.05) is 30.3 Å². The number of hydrogen-bond acceptors (Lipinski definition) is 4. The molecule has 1 aromatic carbocycles. The fraction of sp³-hybridized carbons (Fsp3) is 0.421. The second-order valence-electron chi connectivity index (χ2n) is 7.03. The number of rotatable bonds is 5. The van der Waals surface area contributed by atoms with Crippen molar-refractivity contribution in [3.63, 3.8) is 0 Å². The molecule has 2 fully saturated rings. The molecule has 2 aromatic rings. The number of carbonyl (C=O) groups excluding carboxylic acids is 1. The van der Waals surface area contributed by atoms with Crippen LogP contribution in [0.3, 0.4) is 0 Å². The topological polar surface area (TPSA) is 95.1 Å². The molecule has 1 atom stereocenters. The molecule has 1 amide bonds. The number of aliphatic hydroxyl groups is 1. The third kappa shape index (κ3) is 3.35. The molecule has 6 nitrogen and oxygen atoms in total. The van der Waals surface area contributed by atoms with Gasteiger partial charge in [0.25, 0.3) is 11.5 Å². The Morgan fingerprint density at radius 3 is 2.56 bits per heavy atom. The predicted octanol–water partition coefficient (Wildman–Crippen LogP) is 1.89. The summed E-state index contributed by atoms with van der Waals surface area (Å²) in [6, 6.07) is 9.44. The number of hydrogen-bond donors (Lipinski definition) is 3. The van der Waals surface area contributed by atoms with Crippen molar-refractivity contribution in [1.82, 2.24) is 15.3 Å². The Kier molecular flexibility index (Phi) is 4.13. The van der Waals surface area contributed by atoms with E-state index in [0.717, 1.165) is 18.4 Å². The van der Waals surface area contributed by atoms with Crippen molar-refractivity contribution < 1.29 is 9.90 Å². The zero-order valence-corrected chi connectivity index (χ0v) is 13.8. The van der Waals surface area contributed by atoms with Crippen LogP contribution < -0.4 is 10.9 Å². The molecule has 130 valence electrons. The van der Waals surface area contributed by atoms with Gasteiger partial charge in [0.1, 0.15) is 11.4 Å². The lowest BCUT2D eigenvalue weighted by atomic mass is 9.75. The summed E-state index contributed by atoms with van der Waals surface area (Å²) in [7, 11) is 0. The summed E-state index contributed by atoms with van der Waals surface area (Å²) in [6.45, 7) is 0. The molecule has 1 heterocycles. The molecule has 25 heavy (non-hydrogen) atoms. The van der Waals surface area contributed by atoms with Crippen molar-refractivity contribution in [2.75, 3.05) is 0 Å². The zero-order chi connectivity index (χ0) is 17.4. The fourth-order valence-electron chi connectivity index (χ4n) is 3.39. The molecule has 3 N–H and O–H groups in total. The van der Waals surface area contributed by atoms with Crippen molar-refractivity contribution in [1.29, 1.82) is 0 Å². The lowest BCUT2D eigenvalue weighted by molar-refractivity contribution is 0.0235. The maximum atomic E-state index is 12.6. The highest BCUT2D eigenvalue weighted by Crippen LogP contribution is 2.38. The largest absolute Gasteiger partial charge is 0.393 e. The Morgan fingerprint density at radius 1 is 1.24 bits per heavy atom. The van der Waals surface area contributed by atoms with Crippen LogP contribution in [0, 0.1) is 5.92 Å². The molecule has 0 radical (unpaired) electrons. The van der Waals surface area contributed by atoms with Crippen LogP contribution in [0.4, 0.5) is 0 Å². The van der Waals surface area contributed by atoms with Crippen LogP contribution in [-0.4, -0.2) is 27.1 Å². The van der Waals surface area contributed by atoms with Gasteiger partial charge in [0.2, 0.25) is 0 Å². The second kappa shape index (κ2) is 6.44. The number of aliphatic hydroxyl groups excluding tert-OH is 1. The summed E-state index contributed by atoms with van der Waals surface area (Å²) in [6.07, 6.45) is 4.43. The molecule has 1 aromatic heterocycles. The highest BCUT2D eigenvalue weighted by molar-refractivity contribution is 5.93. The molecule has 0 aliphatic heterocycles. The van der Waals surface area contributed by atoms with Gasteiger partial charge in [-0.05, 0) is 37.2 Å². The zero-order valence-electron chi connectivity index (χ0n) is 13.8. The van der Waals surface area contributed by atoms with Crippen LogP contribution in [0.1, 0.15) is 59.4 Å². The molecular formula is C19H21N3O3. The molecule has 0 unspecified atom stereocenters. The lowest BCUT2D eigenvalue weighted by Gasteiger charge is -2.38. The maximum Gasteiger partial charge on any atom is 0.263 e. The fourth-order valence-corrected chi connectivity index (χ4v) is 3.39. The summed E-state index contributed by atoms with van der Waals surface area (Å²) in [5.41, 5.74) is 0.617. The first kappa shape index (κ1) is 16.0. The molecule has 2 aliphatic carbocycles. The van der Waals surface area contributed by atoms with E-state index in [2.05, 4.69) is 15.3 Å². The molecular weight excluding hydrogens is 318 g/mol. The van der Waals surface area contributed by atoms with E-state index in [4.69, 9.17) is 0 Å². The maximum absolute atomic E-state index is 12.6. The standard InChI is InChI=1S/C19H21N3O3/c23-14-8-13(9-14)16(11-4-2-1-3-5-11)21-18(24)15-10-20-17(12-6-7-12)22-19(15)25/h1-5,10,12-14,16,23H,6-9H2,(H,21,24)(H,20,22,25)/t13?,14?,16-/m0/s1. The van der Waals surface area contributed by atoms with Gasteiger partial charge in [-0.3, -0.25) is 9.59 Å². The van der Waals surface area contributed by atoms with Gasteiger partial charge in [0.05, 0.1) is 12.1 Å². The number of amides is 1. The van der Waals surface area contributed by atoms with Crippen molar-refractivity contribution in [3.8, 4) is 0 Å². The highest BCUT2D eigenvalue weighted by atomic mass is 16.3. The molecule has 4 rings (SSSR count). The first-order valence-electron chi connectivity index (χ1n) is 8.75. The molecule has 6 heteroatoms. The van der Waals surface area contributed by atoms with Crippen LogP contribution in [0.15, 0.2) is 41.3 Å². The summed E-state index contributed by atoms with van der Waals surface area (Å²) in [5, 5.41) is 12.6. The second-order valence-corrected chi connectivity index (χ2v) is 7.03. The summed E-state index contributed by atoms with van der Waals surface area (Å²) in [5.74, 6) is 0.743. The minimum atomic E-state index is -0.425. The Morgan fingerprint density at radius 2 is 1.96 bits per heavy atom. The SMILES string of the molecule is O=C(N[C@@H](c1ccccc1)C1CC(O)C1)c1cnc(C2CC2)[nH]c1=O. The Hall–Kier alpha value is -2.47. The third-order valence-corrected chi connectivity index (χ3v) is 5.09. The summed E-state index contributed by atoms with van der Waals surface area (Å²) in [4.78, 5) is 31.8.